The number of nitrogen functional groups attached to an aromatic ring is 1. The van der Waals surface area contributed by atoms with Gasteiger partial charge in [0.05, 0.1) is 0 Å². The fraction of sp³-hybridized carbons (Fsp3) is 0.235. The molecule has 20 heavy (non-hydrogen) atoms. The smallest absolute Gasteiger partial charge is 0.224 e. The molecule has 2 rings (SSSR count). The molecule has 104 valence electrons. The van der Waals surface area contributed by atoms with E-state index in [4.69, 9.17) is 5.73 Å². The van der Waals surface area contributed by atoms with Gasteiger partial charge >= 0.3 is 0 Å². The fourth-order valence-electron chi connectivity index (χ4n) is 2.15. The summed E-state index contributed by atoms with van der Waals surface area (Å²) >= 11 is 0. The fourth-order valence-corrected chi connectivity index (χ4v) is 2.15. The third-order valence-electron chi connectivity index (χ3n) is 3.12. The predicted octanol–water partition coefficient (Wildman–Crippen LogP) is 3.54. The Morgan fingerprint density at radius 3 is 2.70 bits per heavy atom. The molecule has 0 aromatic heterocycles. The van der Waals surface area contributed by atoms with Crippen molar-refractivity contribution < 1.29 is 4.79 Å². The molecular formula is C17H20N2O. The Balaban J connectivity index is 1.78. The molecule has 0 radical (unpaired) electrons. The second kappa shape index (κ2) is 6.75. The van der Waals surface area contributed by atoms with Gasteiger partial charge in [-0.15, -0.1) is 0 Å². The molecule has 0 atom stereocenters. The van der Waals surface area contributed by atoms with Crippen LogP contribution in [0, 0.1) is 6.92 Å². The van der Waals surface area contributed by atoms with Crippen LogP contribution >= 0.6 is 0 Å². The minimum Gasteiger partial charge on any atom is -0.399 e. The number of hydrogen-bond acceptors (Lipinski definition) is 2. The molecule has 0 aliphatic carbocycles. The molecule has 2 aromatic rings. The van der Waals surface area contributed by atoms with Crippen molar-refractivity contribution in [3.63, 3.8) is 0 Å². The van der Waals surface area contributed by atoms with E-state index in [1.54, 1.807) is 0 Å². The summed E-state index contributed by atoms with van der Waals surface area (Å²) in [5, 5.41) is 2.92. The molecule has 2 aromatic carbocycles. The van der Waals surface area contributed by atoms with Crippen LogP contribution in [0.1, 0.15) is 24.0 Å². The van der Waals surface area contributed by atoms with Crippen molar-refractivity contribution in [2.24, 2.45) is 0 Å². The van der Waals surface area contributed by atoms with Gasteiger partial charge in [-0.25, -0.2) is 0 Å². The first-order chi connectivity index (χ1) is 9.63. The number of aryl methyl sites for hydroxylation is 2. The Labute approximate surface area is 119 Å². The molecule has 0 saturated carbocycles. The first kappa shape index (κ1) is 14.1. The summed E-state index contributed by atoms with van der Waals surface area (Å²) < 4.78 is 0. The lowest BCUT2D eigenvalue weighted by Crippen LogP contribution is -2.11. The van der Waals surface area contributed by atoms with Crippen molar-refractivity contribution in [3.05, 3.63) is 59.7 Å². The van der Waals surface area contributed by atoms with E-state index >= 15 is 0 Å². The zero-order chi connectivity index (χ0) is 14.4. The first-order valence-corrected chi connectivity index (χ1v) is 6.84. The highest BCUT2D eigenvalue weighted by Gasteiger charge is 2.03. The molecular weight excluding hydrogens is 248 g/mol. The zero-order valence-electron chi connectivity index (χ0n) is 11.7. The summed E-state index contributed by atoms with van der Waals surface area (Å²) in [5.74, 6) is 0.0551. The van der Waals surface area contributed by atoms with E-state index in [2.05, 4.69) is 5.32 Å². The number of nitrogens with one attached hydrogen (secondary N) is 1. The van der Waals surface area contributed by atoms with E-state index in [0.29, 0.717) is 6.42 Å². The van der Waals surface area contributed by atoms with Crippen molar-refractivity contribution in [2.45, 2.75) is 26.2 Å². The molecule has 0 saturated heterocycles. The lowest BCUT2D eigenvalue weighted by Gasteiger charge is -2.06. The quantitative estimate of drug-likeness (QED) is 0.815. The summed E-state index contributed by atoms with van der Waals surface area (Å²) in [4.78, 5) is 11.8. The van der Waals surface area contributed by atoms with Crippen LogP contribution in [0.25, 0.3) is 0 Å². The largest absolute Gasteiger partial charge is 0.399 e. The second-order valence-corrected chi connectivity index (χ2v) is 5.02. The molecule has 0 spiro atoms. The highest BCUT2D eigenvalue weighted by molar-refractivity contribution is 5.90. The van der Waals surface area contributed by atoms with Crippen LogP contribution < -0.4 is 11.1 Å². The van der Waals surface area contributed by atoms with Gasteiger partial charge in [0.2, 0.25) is 5.91 Å². The maximum atomic E-state index is 11.8. The third-order valence-corrected chi connectivity index (χ3v) is 3.12. The van der Waals surface area contributed by atoms with E-state index in [9.17, 15) is 4.79 Å². The van der Waals surface area contributed by atoms with Gasteiger partial charge < -0.3 is 11.1 Å². The van der Waals surface area contributed by atoms with Gasteiger partial charge in [-0.3, -0.25) is 4.79 Å². The third kappa shape index (κ3) is 4.43. The number of rotatable bonds is 5. The number of carbonyl (C=O) groups excluding carboxylic acids is 1. The average Bonchev–Trinajstić information content (AvgIpc) is 2.38. The van der Waals surface area contributed by atoms with Gasteiger partial charge in [-0.05, 0) is 55.2 Å². The summed E-state index contributed by atoms with van der Waals surface area (Å²) in [6.07, 6.45) is 2.20. The van der Waals surface area contributed by atoms with Crippen LogP contribution in [0.5, 0.6) is 0 Å². The van der Waals surface area contributed by atoms with E-state index in [-0.39, 0.29) is 5.91 Å². The molecule has 0 aliphatic heterocycles. The maximum Gasteiger partial charge on any atom is 0.224 e. The molecule has 0 aliphatic rings. The average molecular weight is 268 g/mol. The molecule has 3 heteroatoms. The number of nitrogens with two attached hydrogens (primary N) is 1. The lowest BCUT2D eigenvalue weighted by molar-refractivity contribution is -0.116. The highest BCUT2D eigenvalue weighted by Crippen LogP contribution is 2.12. The Hall–Kier alpha value is -2.29. The van der Waals surface area contributed by atoms with Crippen molar-refractivity contribution in [1.82, 2.24) is 0 Å². The Kier molecular flexibility index (Phi) is 4.77. The minimum atomic E-state index is 0.0551. The number of benzene rings is 2. The molecule has 0 bridgehead atoms. The molecule has 3 N–H and O–H groups in total. The summed E-state index contributed by atoms with van der Waals surface area (Å²) in [6, 6.07) is 15.6. The highest BCUT2D eigenvalue weighted by atomic mass is 16.1. The normalized spacial score (nSPS) is 10.2. The van der Waals surface area contributed by atoms with Crippen LogP contribution in [-0.2, 0) is 11.2 Å². The molecule has 1 amide bonds. The van der Waals surface area contributed by atoms with Crippen LogP contribution in [-0.4, -0.2) is 5.91 Å². The van der Waals surface area contributed by atoms with Gasteiger partial charge in [-0.2, -0.15) is 0 Å². The molecule has 0 unspecified atom stereocenters. The predicted molar refractivity (Wildman–Crippen MR) is 83.6 cm³/mol. The van der Waals surface area contributed by atoms with Gasteiger partial charge in [0.25, 0.3) is 0 Å². The monoisotopic (exact) mass is 268 g/mol. The first-order valence-electron chi connectivity index (χ1n) is 6.84. The Morgan fingerprint density at radius 1 is 1.15 bits per heavy atom. The van der Waals surface area contributed by atoms with E-state index < -0.39 is 0 Å². The second-order valence-electron chi connectivity index (χ2n) is 5.02. The SMILES string of the molecule is Cc1cccc(NC(=O)CCCc2cccc(N)c2)c1. The van der Waals surface area contributed by atoms with E-state index in [0.717, 1.165) is 29.8 Å². The number of carbonyl (C=O) groups is 1. The van der Waals surface area contributed by atoms with Gasteiger partial charge in [0.15, 0.2) is 0 Å². The summed E-state index contributed by atoms with van der Waals surface area (Å²) in [7, 11) is 0. The van der Waals surface area contributed by atoms with Gasteiger partial charge in [-0.1, -0.05) is 24.3 Å². The van der Waals surface area contributed by atoms with Crippen molar-refractivity contribution in [3.8, 4) is 0 Å². The van der Waals surface area contributed by atoms with E-state index in [1.165, 1.54) is 5.56 Å². The van der Waals surface area contributed by atoms with Crippen LogP contribution in [0.3, 0.4) is 0 Å². The van der Waals surface area contributed by atoms with Crippen molar-refractivity contribution in [1.29, 1.82) is 0 Å². The maximum absolute atomic E-state index is 11.8. The zero-order valence-corrected chi connectivity index (χ0v) is 11.7. The number of hydrogen-bond donors (Lipinski definition) is 2. The van der Waals surface area contributed by atoms with Gasteiger partial charge in [0, 0.05) is 17.8 Å². The van der Waals surface area contributed by atoms with Crippen LogP contribution in [0.15, 0.2) is 48.5 Å². The summed E-state index contributed by atoms with van der Waals surface area (Å²) in [5.41, 5.74) is 9.67. The Morgan fingerprint density at radius 2 is 1.95 bits per heavy atom. The summed E-state index contributed by atoms with van der Waals surface area (Å²) in [6.45, 7) is 2.01. The molecule has 0 fully saturated rings. The van der Waals surface area contributed by atoms with Crippen LogP contribution in [0.2, 0.25) is 0 Å². The van der Waals surface area contributed by atoms with E-state index in [1.807, 2.05) is 55.5 Å². The molecule has 3 nitrogen and oxygen atoms in total. The Bertz CT molecular complexity index is 593. The topological polar surface area (TPSA) is 55.1 Å². The van der Waals surface area contributed by atoms with Crippen LogP contribution in [0.4, 0.5) is 11.4 Å². The standard InChI is InChI=1S/C17H20N2O/c1-13-5-2-9-16(11-13)19-17(20)10-4-7-14-6-3-8-15(18)12-14/h2-3,5-6,8-9,11-12H,4,7,10,18H2,1H3,(H,19,20). The van der Waals surface area contributed by atoms with Crippen molar-refractivity contribution in [2.75, 3.05) is 11.1 Å². The molecule has 0 heterocycles. The number of anilines is 2. The van der Waals surface area contributed by atoms with Gasteiger partial charge in [0.1, 0.15) is 0 Å². The number of amides is 1. The van der Waals surface area contributed by atoms with Crippen molar-refractivity contribution >= 4 is 17.3 Å². The minimum absolute atomic E-state index is 0.0551. The lowest BCUT2D eigenvalue weighted by atomic mass is 10.1.